The van der Waals surface area contributed by atoms with Crippen molar-refractivity contribution in [2.24, 2.45) is 0 Å². The molecule has 7 nitrogen and oxygen atoms in total. The minimum Gasteiger partial charge on any atom is -0.478 e. The first kappa shape index (κ1) is 9.38. The van der Waals surface area contributed by atoms with Gasteiger partial charge in [0.1, 0.15) is 6.54 Å². The van der Waals surface area contributed by atoms with E-state index in [0.717, 1.165) is 0 Å². The zero-order valence-electron chi connectivity index (χ0n) is 7.91. The molecule has 0 aliphatic heterocycles. The van der Waals surface area contributed by atoms with E-state index in [-0.39, 0.29) is 12.1 Å². The molecule has 0 atom stereocenters. The van der Waals surface area contributed by atoms with Crippen molar-refractivity contribution in [2.45, 2.75) is 13.5 Å². The van der Waals surface area contributed by atoms with Gasteiger partial charge in [-0.15, -0.1) is 10.2 Å². The Labute approximate surface area is 84.3 Å². The maximum Gasteiger partial charge on any atom is 0.338 e. The second-order valence-electron chi connectivity index (χ2n) is 2.95. The normalized spacial score (nSPS) is 10.5. The highest BCUT2D eigenvalue weighted by molar-refractivity contribution is 5.86. The number of aromatic carboxylic acids is 1. The summed E-state index contributed by atoms with van der Waals surface area (Å²) < 4.78 is 6.55. The average Bonchev–Trinajstić information content (AvgIpc) is 2.76. The van der Waals surface area contributed by atoms with Crippen LogP contribution < -0.4 is 0 Å². The highest BCUT2D eigenvalue weighted by atomic mass is 16.4. The van der Waals surface area contributed by atoms with Gasteiger partial charge in [-0.2, -0.15) is 5.10 Å². The molecule has 0 saturated carbocycles. The van der Waals surface area contributed by atoms with Gasteiger partial charge in [0.15, 0.2) is 0 Å². The van der Waals surface area contributed by atoms with Gasteiger partial charge in [0.2, 0.25) is 11.8 Å². The lowest BCUT2D eigenvalue weighted by Gasteiger charge is -1.93. The maximum absolute atomic E-state index is 10.6. The minimum atomic E-state index is -1.01. The first-order chi connectivity index (χ1) is 7.15. The fourth-order valence-corrected chi connectivity index (χ4v) is 1.10. The van der Waals surface area contributed by atoms with E-state index in [4.69, 9.17) is 9.52 Å². The van der Waals surface area contributed by atoms with Crippen molar-refractivity contribution in [3.05, 3.63) is 29.7 Å². The summed E-state index contributed by atoms with van der Waals surface area (Å²) in [5.74, 6) is -0.147. The van der Waals surface area contributed by atoms with Gasteiger partial charge in [0, 0.05) is 13.1 Å². The van der Waals surface area contributed by atoms with E-state index in [0.29, 0.717) is 11.8 Å². The zero-order chi connectivity index (χ0) is 10.8. The van der Waals surface area contributed by atoms with Crippen molar-refractivity contribution in [3.63, 3.8) is 0 Å². The van der Waals surface area contributed by atoms with E-state index >= 15 is 0 Å². The number of hydrogen-bond acceptors (Lipinski definition) is 5. The Morgan fingerprint density at radius 1 is 1.60 bits per heavy atom. The first-order valence-corrected chi connectivity index (χ1v) is 4.20. The van der Waals surface area contributed by atoms with Crippen LogP contribution in [0.1, 0.15) is 22.1 Å². The van der Waals surface area contributed by atoms with Gasteiger partial charge in [-0.1, -0.05) is 0 Å². The lowest BCUT2D eigenvalue weighted by molar-refractivity contribution is 0.0696. The summed E-state index contributed by atoms with van der Waals surface area (Å²) in [7, 11) is 0. The molecule has 1 N–H and O–H groups in total. The van der Waals surface area contributed by atoms with Crippen molar-refractivity contribution < 1.29 is 14.3 Å². The molecule has 0 bridgehead atoms. The topological polar surface area (TPSA) is 94.0 Å². The molecule has 2 aromatic heterocycles. The summed E-state index contributed by atoms with van der Waals surface area (Å²) in [4.78, 5) is 10.6. The molecule has 0 aliphatic carbocycles. The number of aromatic nitrogens is 4. The van der Waals surface area contributed by atoms with Crippen LogP contribution >= 0.6 is 0 Å². The lowest BCUT2D eigenvalue weighted by Crippen LogP contribution is -2.00. The third-order valence-corrected chi connectivity index (χ3v) is 1.75. The number of carbonyl (C=O) groups is 1. The molecule has 0 unspecified atom stereocenters. The van der Waals surface area contributed by atoms with E-state index in [1.54, 1.807) is 6.92 Å². The standard InChI is InChI=1S/C8H8N4O3/c1-5-10-11-7(15-5)4-12-3-6(2-9-12)8(13)14/h2-3H,4H2,1H3,(H,13,14). The summed E-state index contributed by atoms with van der Waals surface area (Å²) in [6.45, 7) is 1.95. The Morgan fingerprint density at radius 2 is 2.40 bits per heavy atom. The molecule has 0 radical (unpaired) electrons. The fraction of sp³-hybridized carbons (Fsp3) is 0.250. The van der Waals surface area contributed by atoms with Crippen molar-refractivity contribution in [2.75, 3.05) is 0 Å². The highest BCUT2D eigenvalue weighted by Gasteiger charge is 2.08. The fourth-order valence-electron chi connectivity index (χ4n) is 1.10. The molecule has 15 heavy (non-hydrogen) atoms. The van der Waals surface area contributed by atoms with Crippen LogP contribution in [0.25, 0.3) is 0 Å². The van der Waals surface area contributed by atoms with Gasteiger partial charge in [0.05, 0.1) is 11.8 Å². The molecular formula is C8H8N4O3. The molecule has 2 heterocycles. The van der Waals surface area contributed by atoms with Gasteiger partial charge in [-0.25, -0.2) is 4.79 Å². The molecule has 0 aliphatic rings. The van der Waals surface area contributed by atoms with E-state index in [1.165, 1.54) is 17.1 Å². The summed E-state index contributed by atoms with van der Waals surface area (Å²) in [5.41, 5.74) is 0.131. The van der Waals surface area contributed by atoms with Gasteiger partial charge >= 0.3 is 5.97 Å². The molecule has 0 saturated heterocycles. The summed E-state index contributed by atoms with van der Waals surface area (Å²) in [6.07, 6.45) is 2.67. The number of rotatable bonds is 3. The van der Waals surface area contributed by atoms with Crippen LogP contribution in [0.4, 0.5) is 0 Å². The lowest BCUT2D eigenvalue weighted by atomic mass is 10.4. The Kier molecular flexibility index (Phi) is 2.20. The highest BCUT2D eigenvalue weighted by Crippen LogP contribution is 2.02. The van der Waals surface area contributed by atoms with Crippen LogP contribution in [-0.4, -0.2) is 31.1 Å². The van der Waals surface area contributed by atoms with Crippen LogP contribution in [0.15, 0.2) is 16.8 Å². The van der Waals surface area contributed by atoms with Gasteiger partial charge in [-0.05, 0) is 0 Å². The smallest absolute Gasteiger partial charge is 0.338 e. The van der Waals surface area contributed by atoms with E-state index in [2.05, 4.69) is 15.3 Å². The van der Waals surface area contributed by atoms with Crippen molar-refractivity contribution in [1.29, 1.82) is 0 Å². The van der Waals surface area contributed by atoms with Crippen LogP contribution in [-0.2, 0) is 6.54 Å². The van der Waals surface area contributed by atoms with Crippen LogP contribution in [0.5, 0.6) is 0 Å². The molecule has 0 aromatic carbocycles. The minimum absolute atomic E-state index is 0.131. The first-order valence-electron chi connectivity index (χ1n) is 4.20. The number of carboxylic acids is 1. The largest absolute Gasteiger partial charge is 0.478 e. The number of aryl methyl sites for hydroxylation is 1. The SMILES string of the molecule is Cc1nnc(Cn2cc(C(=O)O)cn2)o1. The Balaban J connectivity index is 2.14. The van der Waals surface area contributed by atoms with Gasteiger partial charge < -0.3 is 9.52 Å². The summed E-state index contributed by atoms with van der Waals surface area (Å²) >= 11 is 0. The maximum atomic E-state index is 10.6. The zero-order valence-corrected chi connectivity index (χ0v) is 7.91. The number of nitrogens with zero attached hydrogens (tertiary/aromatic N) is 4. The van der Waals surface area contributed by atoms with Gasteiger partial charge in [0.25, 0.3) is 0 Å². The average molecular weight is 208 g/mol. The quantitative estimate of drug-likeness (QED) is 0.780. The van der Waals surface area contributed by atoms with Crippen molar-refractivity contribution in [1.82, 2.24) is 20.0 Å². The van der Waals surface area contributed by atoms with Crippen LogP contribution in [0.3, 0.4) is 0 Å². The molecule has 2 aromatic rings. The molecule has 7 heteroatoms. The summed E-state index contributed by atoms with van der Waals surface area (Å²) in [6, 6.07) is 0. The van der Waals surface area contributed by atoms with E-state index in [1.807, 2.05) is 0 Å². The molecule has 0 spiro atoms. The second-order valence-corrected chi connectivity index (χ2v) is 2.95. The predicted molar refractivity (Wildman–Crippen MR) is 47.3 cm³/mol. The Bertz CT molecular complexity index is 488. The molecule has 78 valence electrons. The van der Waals surface area contributed by atoms with Crippen LogP contribution in [0, 0.1) is 6.92 Å². The van der Waals surface area contributed by atoms with Crippen LogP contribution in [0.2, 0.25) is 0 Å². The number of hydrogen-bond donors (Lipinski definition) is 1. The summed E-state index contributed by atoms with van der Waals surface area (Å²) in [5, 5.41) is 19.9. The van der Waals surface area contributed by atoms with E-state index < -0.39 is 5.97 Å². The third-order valence-electron chi connectivity index (χ3n) is 1.75. The van der Waals surface area contributed by atoms with Gasteiger partial charge in [-0.3, -0.25) is 4.68 Å². The van der Waals surface area contributed by atoms with Crippen molar-refractivity contribution >= 4 is 5.97 Å². The monoisotopic (exact) mass is 208 g/mol. The molecule has 0 amide bonds. The molecule has 0 fully saturated rings. The second kappa shape index (κ2) is 3.52. The van der Waals surface area contributed by atoms with E-state index in [9.17, 15) is 4.79 Å². The van der Waals surface area contributed by atoms with Crippen molar-refractivity contribution in [3.8, 4) is 0 Å². The Hall–Kier alpha value is -2.18. The Morgan fingerprint density at radius 3 is 2.93 bits per heavy atom. The number of carboxylic acid groups (broad SMARTS) is 1. The molecule has 2 rings (SSSR count). The predicted octanol–water partition coefficient (Wildman–Crippen LogP) is 0.321. The molecular weight excluding hydrogens is 200 g/mol. The third kappa shape index (κ3) is 2.01.